The molecule has 66 heavy (non-hydrogen) atoms. The number of ether oxygens (including phenoxy) is 11. The SMILES string of the molecule is COC(=O)[C@@H]1O[C@H](OC(=N)C(Cl)(Cl)Cl)C(OC(C)=O)C(OCc2ccccc2)[C@@H]1O[C@@H]1OC(COCc2ccccc2)[C@H](OCc2ccc(OC)cc2)[C@H](OCc2ccccc2)C1N=[N+]=[N-]. The second-order valence-corrected chi connectivity index (χ2v) is 17.2. The minimum atomic E-state index is -2.39. The maximum atomic E-state index is 13.8. The van der Waals surface area contributed by atoms with E-state index in [1.54, 1.807) is 43.5 Å². The minimum absolute atomic E-state index is 0.0402. The normalized spacial score (nSPS) is 25.2. The molecule has 0 spiro atoms. The number of azide groups is 1. The van der Waals surface area contributed by atoms with Crippen molar-refractivity contribution in [2.75, 3.05) is 20.8 Å². The van der Waals surface area contributed by atoms with Gasteiger partial charge in [0.2, 0.25) is 12.2 Å². The van der Waals surface area contributed by atoms with E-state index >= 15 is 0 Å². The summed E-state index contributed by atoms with van der Waals surface area (Å²) in [6.45, 7) is 1.21. The molecule has 20 heteroatoms. The Balaban J connectivity index is 1.42. The Kier molecular flexibility index (Phi) is 18.8. The lowest BCUT2D eigenvalue weighted by Crippen LogP contribution is -2.67. The molecule has 0 aliphatic carbocycles. The predicted octanol–water partition coefficient (Wildman–Crippen LogP) is 7.95. The molecule has 4 aromatic rings. The second-order valence-electron chi connectivity index (χ2n) is 15.0. The number of methoxy groups -OCH3 is 2. The molecule has 17 nitrogen and oxygen atoms in total. The van der Waals surface area contributed by atoms with Crippen LogP contribution in [0.3, 0.4) is 0 Å². The average Bonchev–Trinajstić information content (AvgIpc) is 3.32. The highest BCUT2D eigenvalue weighted by molar-refractivity contribution is 6.76. The molecule has 0 radical (unpaired) electrons. The van der Waals surface area contributed by atoms with E-state index in [0.717, 1.165) is 30.7 Å². The van der Waals surface area contributed by atoms with Gasteiger partial charge in [0.05, 0.1) is 47.3 Å². The summed E-state index contributed by atoms with van der Waals surface area (Å²) in [5.74, 6) is -2.10. The van der Waals surface area contributed by atoms with Gasteiger partial charge in [-0.2, -0.15) is 0 Å². The standard InChI is InChI=1S/C46H49Cl3N4O13/c1-28(54)62-41-38(61-25-31-17-11-6-12-18-31)39(40(42(55)57-3)65-44(41)66-45(50)46(47,48)49)64-43-35(52-53-51)37(60-24-30-15-9-5-10-16-30)36(59-26-32-19-21-33(56-2)22-20-32)34(63-43)27-58-23-29-13-7-4-8-14-29/h4-22,34-41,43-44,50H,23-27H2,1-3H3/t34?,35?,36-,37+,38?,39-,40+,41?,43-,44+/m0/s1. The Labute approximate surface area is 396 Å². The van der Waals surface area contributed by atoms with Crippen molar-refractivity contribution in [2.24, 2.45) is 5.11 Å². The van der Waals surface area contributed by atoms with Crippen LogP contribution in [-0.2, 0) is 83.4 Å². The van der Waals surface area contributed by atoms with E-state index in [2.05, 4.69) is 10.0 Å². The van der Waals surface area contributed by atoms with Gasteiger partial charge in [0.15, 0.2) is 18.5 Å². The van der Waals surface area contributed by atoms with Crippen LogP contribution in [0.1, 0.15) is 29.2 Å². The third-order valence-corrected chi connectivity index (χ3v) is 10.9. The summed E-state index contributed by atoms with van der Waals surface area (Å²) in [4.78, 5) is 29.8. The summed E-state index contributed by atoms with van der Waals surface area (Å²) >= 11 is 18.0. The molecular weight excluding hydrogens is 923 g/mol. The van der Waals surface area contributed by atoms with E-state index in [4.69, 9.17) is 92.3 Å². The van der Waals surface area contributed by atoms with Crippen molar-refractivity contribution in [3.63, 3.8) is 0 Å². The van der Waals surface area contributed by atoms with Gasteiger partial charge in [0, 0.05) is 11.8 Å². The first kappa shape index (κ1) is 50.4. The average molecular weight is 972 g/mol. The van der Waals surface area contributed by atoms with Gasteiger partial charge in [-0.05, 0) is 39.9 Å². The number of nitrogens with zero attached hydrogens (tertiary/aromatic N) is 3. The molecule has 0 bridgehead atoms. The molecular formula is C46H49Cl3N4O13. The molecule has 4 aromatic carbocycles. The van der Waals surface area contributed by atoms with Crippen LogP contribution in [0.2, 0.25) is 0 Å². The molecule has 0 aromatic heterocycles. The summed E-state index contributed by atoms with van der Waals surface area (Å²) < 4.78 is 65.1. The fourth-order valence-corrected chi connectivity index (χ4v) is 7.37. The molecule has 0 saturated carbocycles. The first-order chi connectivity index (χ1) is 31.9. The first-order valence-electron chi connectivity index (χ1n) is 20.6. The van der Waals surface area contributed by atoms with Crippen molar-refractivity contribution in [1.29, 1.82) is 5.41 Å². The van der Waals surface area contributed by atoms with Crippen LogP contribution in [-0.4, -0.2) is 104 Å². The number of benzene rings is 4. The Bertz CT molecular complexity index is 2210. The Morgan fingerprint density at radius 1 is 0.682 bits per heavy atom. The van der Waals surface area contributed by atoms with Gasteiger partial charge >= 0.3 is 11.9 Å². The van der Waals surface area contributed by atoms with E-state index < -0.39 is 83.0 Å². The fraction of sp³-hybridized carbons (Fsp3) is 0.413. The zero-order valence-corrected chi connectivity index (χ0v) is 38.3. The van der Waals surface area contributed by atoms with Gasteiger partial charge in [-0.15, -0.1) is 0 Å². The van der Waals surface area contributed by atoms with Crippen molar-refractivity contribution in [3.05, 3.63) is 148 Å². The monoisotopic (exact) mass is 970 g/mol. The quantitative estimate of drug-likeness (QED) is 0.0170. The van der Waals surface area contributed by atoms with Crippen LogP contribution < -0.4 is 4.74 Å². The minimum Gasteiger partial charge on any atom is -0.497 e. The molecule has 2 aliphatic rings. The van der Waals surface area contributed by atoms with Crippen molar-refractivity contribution in [3.8, 4) is 5.75 Å². The van der Waals surface area contributed by atoms with Gasteiger partial charge in [-0.3, -0.25) is 10.2 Å². The van der Waals surface area contributed by atoms with Crippen LogP contribution in [0.5, 0.6) is 5.75 Å². The topological polar surface area (TPSA) is 208 Å². The summed E-state index contributed by atoms with van der Waals surface area (Å²) in [7, 11) is 2.68. The van der Waals surface area contributed by atoms with Crippen molar-refractivity contribution >= 4 is 52.6 Å². The molecule has 2 aliphatic heterocycles. The smallest absolute Gasteiger partial charge is 0.338 e. The molecule has 6 rings (SSSR count). The number of esters is 2. The lowest BCUT2D eigenvalue weighted by atomic mass is 9.95. The molecule has 0 amide bonds. The second kappa shape index (κ2) is 24.7. The third kappa shape index (κ3) is 14.0. The molecule has 2 heterocycles. The lowest BCUT2D eigenvalue weighted by Gasteiger charge is -2.48. The van der Waals surface area contributed by atoms with Gasteiger partial charge in [0.25, 0.3) is 3.79 Å². The highest BCUT2D eigenvalue weighted by Crippen LogP contribution is 2.38. The Morgan fingerprint density at radius 3 is 1.73 bits per heavy atom. The Hall–Kier alpha value is -5.01. The number of alkyl halides is 3. The maximum Gasteiger partial charge on any atom is 0.338 e. The number of hydrogen-bond donors (Lipinski definition) is 1. The van der Waals surface area contributed by atoms with Crippen LogP contribution in [0.4, 0.5) is 0 Å². The number of carbonyl (C=O) groups excluding carboxylic acids is 2. The number of nitrogens with one attached hydrogen (secondary N) is 1. The van der Waals surface area contributed by atoms with E-state index in [1.165, 1.54) is 0 Å². The van der Waals surface area contributed by atoms with E-state index in [9.17, 15) is 15.1 Å². The summed E-state index contributed by atoms with van der Waals surface area (Å²) in [5, 5.41) is 12.5. The summed E-state index contributed by atoms with van der Waals surface area (Å²) in [6, 6.07) is 33.7. The number of carbonyl (C=O) groups is 2. The number of rotatable bonds is 20. The van der Waals surface area contributed by atoms with Gasteiger partial charge in [-0.25, -0.2) is 4.79 Å². The van der Waals surface area contributed by atoms with Gasteiger partial charge in [0.1, 0.15) is 42.3 Å². The third-order valence-electron chi connectivity index (χ3n) is 10.4. The first-order valence-corrected chi connectivity index (χ1v) is 21.8. The van der Waals surface area contributed by atoms with E-state index in [1.807, 2.05) is 78.9 Å². The van der Waals surface area contributed by atoms with Gasteiger partial charge < -0.3 is 52.1 Å². The van der Waals surface area contributed by atoms with E-state index in [-0.39, 0.29) is 33.0 Å². The van der Waals surface area contributed by atoms with Crippen molar-refractivity contribution in [2.45, 2.75) is 98.5 Å². The highest BCUT2D eigenvalue weighted by Gasteiger charge is 2.57. The van der Waals surface area contributed by atoms with Crippen molar-refractivity contribution in [1.82, 2.24) is 0 Å². The van der Waals surface area contributed by atoms with Crippen LogP contribution >= 0.6 is 34.8 Å². The van der Waals surface area contributed by atoms with Gasteiger partial charge in [-0.1, -0.05) is 143 Å². The fourth-order valence-electron chi connectivity index (χ4n) is 7.23. The largest absolute Gasteiger partial charge is 0.497 e. The molecule has 352 valence electrons. The Morgan fingerprint density at radius 2 is 1.21 bits per heavy atom. The molecule has 10 atom stereocenters. The predicted molar refractivity (Wildman–Crippen MR) is 240 cm³/mol. The maximum absolute atomic E-state index is 13.8. The molecule has 2 fully saturated rings. The number of halogens is 3. The zero-order valence-electron chi connectivity index (χ0n) is 36.1. The summed E-state index contributed by atoms with van der Waals surface area (Å²) in [6.07, 6.45) is -12.8. The van der Waals surface area contributed by atoms with Crippen LogP contribution in [0, 0.1) is 5.41 Å². The van der Waals surface area contributed by atoms with Crippen molar-refractivity contribution < 1.29 is 61.7 Å². The van der Waals surface area contributed by atoms with E-state index in [0.29, 0.717) is 11.3 Å². The van der Waals surface area contributed by atoms with Crippen LogP contribution in [0.25, 0.3) is 10.4 Å². The molecule has 1 N–H and O–H groups in total. The molecule has 4 unspecified atom stereocenters. The molecule has 2 saturated heterocycles. The number of hydrogen-bond acceptors (Lipinski definition) is 15. The highest BCUT2D eigenvalue weighted by atomic mass is 35.6. The van der Waals surface area contributed by atoms with Crippen LogP contribution in [0.15, 0.2) is 120 Å². The zero-order chi connectivity index (χ0) is 47.1. The summed E-state index contributed by atoms with van der Waals surface area (Å²) in [5.41, 5.74) is 13.3. The lowest BCUT2D eigenvalue weighted by molar-refractivity contribution is -0.343.